The number of halogens is 1. The third kappa shape index (κ3) is 2.79. The van der Waals surface area contributed by atoms with Gasteiger partial charge in [0.2, 0.25) is 0 Å². The third-order valence-electron chi connectivity index (χ3n) is 2.19. The van der Waals surface area contributed by atoms with E-state index < -0.39 is 0 Å². The second-order valence-electron chi connectivity index (χ2n) is 3.47. The van der Waals surface area contributed by atoms with Crippen molar-refractivity contribution in [3.8, 4) is 0 Å². The van der Waals surface area contributed by atoms with E-state index in [0.29, 0.717) is 5.82 Å². The van der Waals surface area contributed by atoms with Gasteiger partial charge in [0.25, 0.3) is 5.91 Å². The van der Waals surface area contributed by atoms with Crippen LogP contribution in [-0.4, -0.2) is 15.9 Å². The van der Waals surface area contributed by atoms with Crippen molar-refractivity contribution in [1.29, 1.82) is 0 Å². The molecule has 86 valence electrons. The SMILES string of the molecule is Cc1cccnc1NC(=O)c1cccc(Cl)n1. The molecule has 0 fully saturated rings. The Morgan fingerprint density at radius 1 is 1.29 bits per heavy atom. The summed E-state index contributed by atoms with van der Waals surface area (Å²) in [5.41, 5.74) is 1.16. The van der Waals surface area contributed by atoms with Crippen molar-refractivity contribution in [2.45, 2.75) is 6.92 Å². The molecule has 2 rings (SSSR count). The zero-order valence-electron chi connectivity index (χ0n) is 9.14. The lowest BCUT2D eigenvalue weighted by Crippen LogP contribution is -2.15. The van der Waals surface area contributed by atoms with E-state index in [1.165, 1.54) is 0 Å². The summed E-state index contributed by atoms with van der Waals surface area (Å²) < 4.78 is 0. The van der Waals surface area contributed by atoms with Gasteiger partial charge < -0.3 is 5.32 Å². The molecule has 1 amide bonds. The Kier molecular flexibility index (Phi) is 3.35. The van der Waals surface area contributed by atoms with E-state index in [-0.39, 0.29) is 16.8 Å². The van der Waals surface area contributed by atoms with Gasteiger partial charge >= 0.3 is 0 Å². The molecule has 0 aliphatic rings. The lowest BCUT2D eigenvalue weighted by atomic mass is 10.3. The lowest BCUT2D eigenvalue weighted by Gasteiger charge is -2.06. The van der Waals surface area contributed by atoms with Crippen molar-refractivity contribution >= 4 is 23.3 Å². The van der Waals surface area contributed by atoms with Crippen molar-refractivity contribution in [2.24, 2.45) is 0 Å². The molecule has 17 heavy (non-hydrogen) atoms. The summed E-state index contributed by atoms with van der Waals surface area (Å²) >= 11 is 5.72. The Morgan fingerprint density at radius 3 is 2.82 bits per heavy atom. The van der Waals surface area contributed by atoms with Crippen molar-refractivity contribution in [2.75, 3.05) is 5.32 Å². The van der Waals surface area contributed by atoms with Crippen LogP contribution < -0.4 is 5.32 Å². The molecule has 0 radical (unpaired) electrons. The first-order chi connectivity index (χ1) is 8.16. The highest BCUT2D eigenvalue weighted by Gasteiger charge is 2.09. The van der Waals surface area contributed by atoms with E-state index in [1.54, 1.807) is 24.4 Å². The van der Waals surface area contributed by atoms with Gasteiger partial charge in [0, 0.05) is 6.20 Å². The van der Waals surface area contributed by atoms with Crippen molar-refractivity contribution in [3.05, 3.63) is 52.9 Å². The highest BCUT2D eigenvalue weighted by molar-refractivity contribution is 6.29. The summed E-state index contributed by atoms with van der Waals surface area (Å²) in [7, 11) is 0. The fourth-order valence-corrected chi connectivity index (χ4v) is 1.49. The number of nitrogens with zero attached hydrogens (tertiary/aromatic N) is 2. The minimum absolute atomic E-state index is 0.266. The van der Waals surface area contributed by atoms with Gasteiger partial charge in [0.1, 0.15) is 16.7 Å². The number of carbonyl (C=O) groups excluding carboxylic acids is 1. The van der Waals surface area contributed by atoms with E-state index in [0.717, 1.165) is 5.56 Å². The molecule has 0 aromatic carbocycles. The van der Waals surface area contributed by atoms with Gasteiger partial charge in [-0.2, -0.15) is 0 Å². The van der Waals surface area contributed by atoms with Gasteiger partial charge in [-0.1, -0.05) is 23.7 Å². The number of hydrogen-bond acceptors (Lipinski definition) is 3. The van der Waals surface area contributed by atoms with E-state index in [9.17, 15) is 4.79 Å². The molecule has 0 spiro atoms. The maximum Gasteiger partial charge on any atom is 0.275 e. The quantitative estimate of drug-likeness (QED) is 0.830. The van der Waals surface area contributed by atoms with E-state index >= 15 is 0 Å². The molecule has 0 saturated heterocycles. The van der Waals surface area contributed by atoms with Crippen LogP contribution in [0.3, 0.4) is 0 Å². The topological polar surface area (TPSA) is 54.9 Å². The van der Waals surface area contributed by atoms with Gasteiger partial charge in [-0.3, -0.25) is 4.79 Å². The number of amides is 1. The minimum Gasteiger partial charge on any atom is -0.305 e. The Bertz CT molecular complexity index is 557. The highest BCUT2D eigenvalue weighted by Crippen LogP contribution is 2.11. The molecule has 0 atom stereocenters. The second kappa shape index (κ2) is 4.93. The molecule has 5 heteroatoms. The molecular weight excluding hydrogens is 238 g/mol. The van der Waals surface area contributed by atoms with Crippen molar-refractivity contribution in [1.82, 2.24) is 9.97 Å². The first-order valence-corrected chi connectivity index (χ1v) is 5.40. The maximum absolute atomic E-state index is 11.8. The van der Waals surface area contributed by atoms with E-state index in [1.807, 2.05) is 19.1 Å². The summed E-state index contributed by atoms with van der Waals surface area (Å²) in [6.07, 6.45) is 1.62. The number of anilines is 1. The molecule has 2 heterocycles. The number of carbonyl (C=O) groups is 1. The van der Waals surface area contributed by atoms with Crippen LogP contribution >= 0.6 is 11.6 Å². The maximum atomic E-state index is 11.8. The largest absolute Gasteiger partial charge is 0.305 e. The van der Waals surface area contributed by atoms with Crippen molar-refractivity contribution < 1.29 is 4.79 Å². The first kappa shape index (κ1) is 11.5. The molecule has 2 aromatic rings. The predicted octanol–water partition coefficient (Wildman–Crippen LogP) is 2.69. The van der Waals surface area contributed by atoms with Crippen LogP contribution in [0.1, 0.15) is 16.1 Å². The van der Waals surface area contributed by atoms with Crippen LogP contribution in [0, 0.1) is 6.92 Å². The Hall–Kier alpha value is -1.94. The average molecular weight is 248 g/mol. The molecule has 0 aliphatic carbocycles. The Morgan fingerprint density at radius 2 is 2.12 bits per heavy atom. The van der Waals surface area contributed by atoms with Crippen LogP contribution in [-0.2, 0) is 0 Å². The molecule has 1 N–H and O–H groups in total. The zero-order valence-corrected chi connectivity index (χ0v) is 9.90. The standard InChI is InChI=1S/C12H10ClN3O/c1-8-4-3-7-14-11(8)16-12(17)9-5-2-6-10(13)15-9/h2-7H,1H3,(H,14,16,17). The monoisotopic (exact) mass is 247 g/mol. The molecule has 4 nitrogen and oxygen atoms in total. The first-order valence-electron chi connectivity index (χ1n) is 5.02. The van der Waals surface area contributed by atoms with Crippen molar-refractivity contribution in [3.63, 3.8) is 0 Å². The van der Waals surface area contributed by atoms with E-state index in [4.69, 9.17) is 11.6 Å². The number of nitrogens with one attached hydrogen (secondary N) is 1. The molecular formula is C12H10ClN3O. The summed E-state index contributed by atoms with van der Waals surface area (Å²) in [6.45, 7) is 1.87. The average Bonchev–Trinajstić information content (AvgIpc) is 2.32. The Labute approximate surface area is 104 Å². The van der Waals surface area contributed by atoms with Gasteiger partial charge in [0.05, 0.1) is 0 Å². The fraction of sp³-hybridized carbons (Fsp3) is 0.0833. The number of hydrogen-bond donors (Lipinski definition) is 1. The van der Waals surface area contributed by atoms with Crippen LogP contribution in [0.25, 0.3) is 0 Å². The van der Waals surface area contributed by atoms with Crippen LogP contribution in [0.2, 0.25) is 5.15 Å². The summed E-state index contributed by atoms with van der Waals surface area (Å²) in [5.74, 6) is 0.202. The predicted molar refractivity (Wildman–Crippen MR) is 66.2 cm³/mol. The second-order valence-corrected chi connectivity index (χ2v) is 3.86. The van der Waals surface area contributed by atoms with E-state index in [2.05, 4.69) is 15.3 Å². The molecule has 0 aliphatic heterocycles. The fourth-order valence-electron chi connectivity index (χ4n) is 1.32. The van der Waals surface area contributed by atoms with Crippen LogP contribution in [0.5, 0.6) is 0 Å². The summed E-state index contributed by atoms with van der Waals surface area (Å²) in [6, 6.07) is 8.57. The molecule has 0 saturated carbocycles. The number of rotatable bonds is 2. The van der Waals surface area contributed by atoms with Crippen LogP contribution in [0.15, 0.2) is 36.5 Å². The van der Waals surface area contributed by atoms with Gasteiger partial charge in [0.15, 0.2) is 0 Å². The number of pyridine rings is 2. The van der Waals surface area contributed by atoms with Crippen LogP contribution in [0.4, 0.5) is 5.82 Å². The normalized spacial score (nSPS) is 10.0. The van der Waals surface area contributed by atoms with Gasteiger partial charge in [-0.15, -0.1) is 0 Å². The summed E-state index contributed by atoms with van der Waals surface area (Å²) in [5, 5.41) is 2.97. The molecule has 0 bridgehead atoms. The Balaban J connectivity index is 2.20. The minimum atomic E-state index is -0.325. The highest BCUT2D eigenvalue weighted by atomic mass is 35.5. The van der Waals surface area contributed by atoms with Gasteiger partial charge in [-0.05, 0) is 30.7 Å². The lowest BCUT2D eigenvalue weighted by molar-refractivity contribution is 0.102. The zero-order chi connectivity index (χ0) is 12.3. The number of aromatic nitrogens is 2. The smallest absolute Gasteiger partial charge is 0.275 e. The molecule has 2 aromatic heterocycles. The molecule has 0 unspecified atom stereocenters. The summed E-state index contributed by atoms with van der Waals surface area (Å²) in [4.78, 5) is 19.8. The van der Waals surface area contributed by atoms with Gasteiger partial charge in [-0.25, -0.2) is 9.97 Å². The third-order valence-corrected chi connectivity index (χ3v) is 2.40. The number of aryl methyl sites for hydroxylation is 1.